The average molecular weight is 562 g/mol. The van der Waals surface area contributed by atoms with Gasteiger partial charge in [0.1, 0.15) is 5.82 Å². The molecule has 0 aliphatic carbocycles. The summed E-state index contributed by atoms with van der Waals surface area (Å²) in [6.45, 7) is 6.79. The van der Waals surface area contributed by atoms with Crippen molar-refractivity contribution in [2.75, 3.05) is 13.6 Å². The Morgan fingerprint density at radius 2 is 1.88 bits per heavy atom. The highest BCUT2D eigenvalue weighted by atomic mass is 19.1. The average Bonchev–Trinajstić information content (AvgIpc) is 3.39. The second-order valence-corrected chi connectivity index (χ2v) is 10.8. The molecule has 2 heterocycles. The van der Waals surface area contributed by atoms with Gasteiger partial charge < -0.3 is 15.1 Å². The third kappa shape index (κ3) is 6.70. The van der Waals surface area contributed by atoms with Crippen molar-refractivity contribution < 1.29 is 18.8 Å². The zero-order valence-corrected chi connectivity index (χ0v) is 24.0. The van der Waals surface area contributed by atoms with Gasteiger partial charge in [0.2, 0.25) is 11.8 Å². The number of nitrogens with one attached hydrogen (secondary N) is 2. The smallest absolute Gasteiger partial charge is 0.267 e. The summed E-state index contributed by atoms with van der Waals surface area (Å²) < 4.78 is 14.1. The lowest BCUT2D eigenvalue weighted by Crippen LogP contribution is -2.52. The minimum absolute atomic E-state index is 0.116. The maximum absolute atomic E-state index is 14.1. The number of H-pyrrole nitrogens is 1. The zero-order chi connectivity index (χ0) is 29.8. The molecule has 0 spiro atoms. The molecule has 216 valence electrons. The Hall–Kier alpha value is -4.34. The van der Waals surface area contributed by atoms with Crippen LogP contribution < -0.4 is 10.9 Å². The number of hydrogen-bond donors (Lipinski definition) is 2. The second kappa shape index (κ2) is 12.4. The first-order valence-electron chi connectivity index (χ1n) is 13.7. The van der Waals surface area contributed by atoms with E-state index in [9.17, 15) is 23.6 Å². The van der Waals surface area contributed by atoms with Gasteiger partial charge in [-0.25, -0.2) is 9.49 Å². The molecule has 1 aliphatic heterocycles. The molecule has 0 saturated carbocycles. The molecule has 0 radical (unpaired) electrons. The Bertz CT molecular complexity index is 1520. The third-order valence-corrected chi connectivity index (χ3v) is 8.01. The van der Waals surface area contributed by atoms with E-state index in [2.05, 4.69) is 15.5 Å². The Morgan fingerprint density at radius 1 is 1.12 bits per heavy atom. The number of aryl methyl sites for hydroxylation is 2. The van der Waals surface area contributed by atoms with Crippen LogP contribution in [-0.2, 0) is 16.0 Å². The normalized spacial score (nSPS) is 17.3. The molecule has 9 nitrogen and oxygen atoms in total. The van der Waals surface area contributed by atoms with E-state index in [0.717, 1.165) is 11.1 Å². The molecule has 10 heteroatoms. The molecule has 0 bridgehead atoms. The van der Waals surface area contributed by atoms with Crippen LogP contribution in [-0.4, -0.2) is 63.4 Å². The van der Waals surface area contributed by atoms with Gasteiger partial charge in [0.05, 0.1) is 24.3 Å². The minimum Gasteiger partial charge on any atom is -0.343 e. The first-order chi connectivity index (χ1) is 19.5. The topological polar surface area (TPSA) is 115 Å². The van der Waals surface area contributed by atoms with Crippen molar-refractivity contribution in [2.24, 2.45) is 0 Å². The van der Waals surface area contributed by atoms with Crippen LogP contribution in [0.4, 0.5) is 4.39 Å². The number of hydrogen-bond acceptors (Lipinski definition) is 5. The fraction of sp³-hybridized carbons (Fsp3) is 0.387. The van der Waals surface area contributed by atoms with Gasteiger partial charge in [-0.3, -0.25) is 19.2 Å². The van der Waals surface area contributed by atoms with E-state index in [4.69, 9.17) is 0 Å². The molecule has 1 aromatic heterocycles. The highest BCUT2D eigenvalue weighted by Crippen LogP contribution is 2.38. The first kappa shape index (κ1) is 29.6. The monoisotopic (exact) mass is 561 g/mol. The summed E-state index contributed by atoms with van der Waals surface area (Å²) in [4.78, 5) is 54.2. The molecule has 4 rings (SSSR count). The largest absolute Gasteiger partial charge is 0.343 e. The second-order valence-electron chi connectivity index (χ2n) is 10.8. The Balaban J connectivity index is 1.49. The summed E-state index contributed by atoms with van der Waals surface area (Å²) in [5.41, 5.74) is 3.85. The van der Waals surface area contributed by atoms with Gasteiger partial charge in [0.15, 0.2) is 0 Å². The fourth-order valence-electron chi connectivity index (χ4n) is 5.54. The van der Waals surface area contributed by atoms with Gasteiger partial charge in [0, 0.05) is 37.6 Å². The quantitative estimate of drug-likeness (QED) is 0.437. The number of carbonyl (C=O) groups is 3. The molecule has 41 heavy (non-hydrogen) atoms. The number of rotatable bonds is 8. The van der Waals surface area contributed by atoms with Gasteiger partial charge in [-0.05, 0) is 80.6 Å². The molecule has 3 atom stereocenters. The van der Waals surface area contributed by atoms with Crippen molar-refractivity contribution in [3.63, 3.8) is 0 Å². The number of likely N-dealkylation sites (tertiary alicyclic amines) is 1. The van der Waals surface area contributed by atoms with E-state index in [1.807, 2.05) is 13.8 Å². The van der Waals surface area contributed by atoms with Gasteiger partial charge in [-0.15, -0.1) is 0 Å². The summed E-state index contributed by atoms with van der Waals surface area (Å²) in [5.74, 6) is -1.21. The lowest BCUT2D eigenvalue weighted by Gasteiger charge is -2.37. The molecule has 2 aromatic carbocycles. The summed E-state index contributed by atoms with van der Waals surface area (Å²) in [7, 11) is 1.70. The zero-order valence-electron chi connectivity index (χ0n) is 24.0. The SMILES string of the molecule is CC(=O)N(C)C(C)[C@H]1CC[C@@H](c2cccc(F)c2)N1C(=O)CNC(=O)c1ccc(Cc2cc(C)n[nH]c2=O)c(C)c1. The summed E-state index contributed by atoms with van der Waals surface area (Å²) in [5, 5.41) is 9.12. The van der Waals surface area contributed by atoms with Crippen LogP contribution in [0.15, 0.2) is 53.3 Å². The van der Waals surface area contributed by atoms with Crippen molar-refractivity contribution >= 4 is 17.7 Å². The van der Waals surface area contributed by atoms with Crippen LogP contribution in [0.5, 0.6) is 0 Å². The van der Waals surface area contributed by atoms with E-state index < -0.39 is 5.91 Å². The highest BCUT2D eigenvalue weighted by Gasteiger charge is 2.41. The van der Waals surface area contributed by atoms with Crippen molar-refractivity contribution in [1.82, 2.24) is 25.3 Å². The van der Waals surface area contributed by atoms with E-state index in [1.165, 1.54) is 19.1 Å². The lowest BCUT2D eigenvalue weighted by atomic mass is 9.99. The Labute approximate surface area is 238 Å². The van der Waals surface area contributed by atoms with Crippen LogP contribution in [0.3, 0.4) is 0 Å². The van der Waals surface area contributed by atoms with Crippen molar-refractivity contribution in [2.45, 2.75) is 65.1 Å². The molecule has 3 amide bonds. The fourth-order valence-corrected chi connectivity index (χ4v) is 5.54. The van der Waals surface area contributed by atoms with Gasteiger partial charge >= 0.3 is 0 Å². The number of halogens is 1. The van der Waals surface area contributed by atoms with Gasteiger partial charge in [-0.2, -0.15) is 5.10 Å². The molecule has 3 aromatic rings. The maximum atomic E-state index is 14.1. The standard InChI is InChI=1S/C31H36FN5O4/c1-18-13-24(10-9-22(18)15-25-14-19(2)34-35-31(25)41)30(40)33-17-29(39)37-27(20(3)36(5)21(4)38)11-12-28(37)23-7-6-8-26(32)16-23/h6-10,13-14,16,20,27-28H,11-12,15,17H2,1-5H3,(H,33,40)(H,35,41)/t20?,27-,28+/m1/s1. The molecule has 1 aliphatic rings. The summed E-state index contributed by atoms with van der Waals surface area (Å²) in [6.07, 6.45) is 1.65. The summed E-state index contributed by atoms with van der Waals surface area (Å²) in [6, 6.07) is 12.2. The molecule has 1 unspecified atom stereocenters. The molecule has 1 fully saturated rings. The van der Waals surface area contributed by atoms with Gasteiger partial charge in [-0.1, -0.05) is 18.2 Å². The Kier molecular flexibility index (Phi) is 9.00. The van der Waals surface area contributed by atoms with Crippen LogP contribution in [0.25, 0.3) is 0 Å². The van der Waals surface area contributed by atoms with E-state index in [1.54, 1.807) is 60.2 Å². The number of carbonyl (C=O) groups excluding carboxylic acids is 3. The number of nitrogens with zero attached hydrogens (tertiary/aromatic N) is 3. The number of benzene rings is 2. The molecule has 2 N–H and O–H groups in total. The predicted octanol–water partition coefficient (Wildman–Crippen LogP) is 3.45. The number of aromatic nitrogens is 2. The number of amides is 3. The minimum atomic E-state index is -0.405. The van der Waals surface area contributed by atoms with Crippen LogP contribution >= 0.6 is 0 Å². The molecule has 1 saturated heterocycles. The van der Waals surface area contributed by atoms with Crippen molar-refractivity contribution in [3.05, 3.63) is 98.2 Å². The predicted molar refractivity (Wildman–Crippen MR) is 153 cm³/mol. The third-order valence-electron chi connectivity index (χ3n) is 8.01. The van der Waals surface area contributed by atoms with Crippen molar-refractivity contribution in [3.8, 4) is 0 Å². The maximum Gasteiger partial charge on any atom is 0.267 e. The van der Waals surface area contributed by atoms with E-state index >= 15 is 0 Å². The van der Waals surface area contributed by atoms with E-state index in [0.29, 0.717) is 41.6 Å². The number of aromatic amines is 1. The van der Waals surface area contributed by atoms with Crippen LogP contribution in [0, 0.1) is 19.7 Å². The molecular weight excluding hydrogens is 525 g/mol. The van der Waals surface area contributed by atoms with Crippen LogP contribution in [0.2, 0.25) is 0 Å². The molecular formula is C31H36FN5O4. The van der Waals surface area contributed by atoms with Crippen LogP contribution in [0.1, 0.15) is 71.0 Å². The van der Waals surface area contributed by atoms with Crippen molar-refractivity contribution in [1.29, 1.82) is 0 Å². The lowest BCUT2D eigenvalue weighted by molar-refractivity contribution is -0.138. The summed E-state index contributed by atoms with van der Waals surface area (Å²) >= 11 is 0. The van der Waals surface area contributed by atoms with E-state index in [-0.39, 0.29) is 47.9 Å². The highest BCUT2D eigenvalue weighted by molar-refractivity contribution is 5.96. The first-order valence-corrected chi connectivity index (χ1v) is 13.7. The van der Waals surface area contributed by atoms with Gasteiger partial charge in [0.25, 0.3) is 11.5 Å². The Morgan fingerprint density at radius 3 is 2.56 bits per heavy atom. The number of likely N-dealkylation sites (N-methyl/N-ethyl adjacent to an activating group) is 1.